The molecule has 19 heavy (non-hydrogen) atoms. The van der Waals surface area contributed by atoms with Crippen molar-refractivity contribution in [3.63, 3.8) is 0 Å². The molecule has 0 saturated carbocycles. The molecule has 0 unspecified atom stereocenters. The van der Waals surface area contributed by atoms with Crippen LogP contribution in [0.25, 0.3) is 0 Å². The van der Waals surface area contributed by atoms with E-state index in [9.17, 15) is 0 Å². The Balaban J connectivity index is 1.80. The predicted octanol–water partition coefficient (Wildman–Crippen LogP) is 2.45. The first-order valence-electron chi connectivity index (χ1n) is 6.12. The van der Waals surface area contributed by atoms with Crippen LogP contribution < -0.4 is 5.32 Å². The maximum atomic E-state index is 4.30. The third-order valence-corrected chi connectivity index (χ3v) is 4.44. The first-order valence-corrected chi connectivity index (χ1v) is 7.88. The van der Waals surface area contributed by atoms with Gasteiger partial charge in [0, 0.05) is 37.1 Å². The zero-order chi connectivity index (χ0) is 13.5. The van der Waals surface area contributed by atoms with Gasteiger partial charge in [0.05, 0.1) is 6.54 Å². The second kappa shape index (κ2) is 7.25. The molecule has 1 N–H and O–H groups in total. The maximum absolute atomic E-state index is 4.30. The van der Waals surface area contributed by atoms with Crippen LogP contribution in [0.3, 0.4) is 0 Å². The molecule has 0 spiro atoms. The van der Waals surface area contributed by atoms with Crippen LogP contribution in [0, 0.1) is 0 Å². The van der Waals surface area contributed by atoms with Crippen molar-refractivity contribution >= 4 is 28.6 Å². The molecule has 0 aliphatic carbocycles. The smallest absolute Gasteiger partial charge is 0.193 e. The van der Waals surface area contributed by atoms with Gasteiger partial charge >= 0.3 is 0 Å². The van der Waals surface area contributed by atoms with E-state index in [-0.39, 0.29) is 0 Å². The van der Waals surface area contributed by atoms with Crippen LogP contribution in [-0.2, 0) is 13.0 Å². The Kier molecular flexibility index (Phi) is 5.35. The number of thiazole rings is 1. The van der Waals surface area contributed by atoms with E-state index in [2.05, 4.69) is 44.8 Å². The van der Waals surface area contributed by atoms with Crippen LogP contribution in [0.5, 0.6) is 0 Å². The van der Waals surface area contributed by atoms with Gasteiger partial charge in [-0.3, -0.25) is 4.99 Å². The first-order chi connectivity index (χ1) is 9.29. The Morgan fingerprint density at radius 1 is 1.42 bits per heavy atom. The van der Waals surface area contributed by atoms with Crippen molar-refractivity contribution in [3.8, 4) is 0 Å². The summed E-state index contributed by atoms with van der Waals surface area (Å²) in [7, 11) is 3.87. The lowest BCUT2D eigenvalue weighted by Crippen LogP contribution is -2.39. The second-order valence-electron chi connectivity index (χ2n) is 4.08. The van der Waals surface area contributed by atoms with Gasteiger partial charge in [-0.05, 0) is 17.9 Å². The van der Waals surface area contributed by atoms with Crippen molar-refractivity contribution in [1.29, 1.82) is 0 Å². The summed E-state index contributed by atoms with van der Waals surface area (Å²) in [6.07, 6.45) is 2.87. The highest BCUT2D eigenvalue weighted by Gasteiger charge is 2.06. The van der Waals surface area contributed by atoms with Gasteiger partial charge in [0.25, 0.3) is 0 Å². The lowest BCUT2D eigenvalue weighted by atomic mass is 10.3. The van der Waals surface area contributed by atoms with Crippen LogP contribution in [0.2, 0.25) is 0 Å². The number of guanidine groups is 1. The summed E-state index contributed by atoms with van der Waals surface area (Å²) in [5, 5.41) is 8.51. The summed E-state index contributed by atoms with van der Waals surface area (Å²) in [6, 6.07) is 4.26. The number of nitrogens with zero attached hydrogens (tertiary/aromatic N) is 3. The fraction of sp³-hybridized carbons (Fsp3) is 0.385. The zero-order valence-electron chi connectivity index (χ0n) is 11.2. The molecule has 2 aromatic heterocycles. The van der Waals surface area contributed by atoms with Crippen LogP contribution >= 0.6 is 22.7 Å². The molecular weight excluding hydrogens is 276 g/mol. The minimum Gasteiger partial charge on any atom is -0.350 e. The summed E-state index contributed by atoms with van der Waals surface area (Å²) in [5.41, 5.74) is 0. The molecule has 6 heteroatoms. The van der Waals surface area contributed by atoms with Gasteiger partial charge in [0.1, 0.15) is 5.01 Å². The Labute approximate surface area is 121 Å². The van der Waals surface area contributed by atoms with E-state index in [1.807, 2.05) is 18.6 Å². The van der Waals surface area contributed by atoms with Crippen molar-refractivity contribution in [2.75, 3.05) is 20.6 Å². The van der Waals surface area contributed by atoms with Gasteiger partial charge in [0.2, 0.25) is 0 Å². The number of aliphatic imine (C=N–C) groups is 1. The highest BCUT2D eigenvalue weighted by molar-refractivity contribution is 7.10. The molecule has 2 aromatic rings. The summed E-state index contributed by atoms with van der Waals surface area (Å²) in [4.78, 5) is 12.1. The molecule has 4 nitrogen and oxygen atoms in total. The third kappa shape index (κ3) is 4.33. The molecule has 2 heterocycles. The maximum Gasteiger partial charge on any atom is 0.193 e. The molecule has 0 aliphatic rings. The fourth-order valence-corrected chi connectivity index (χ4v) is 2.97. The Bertz CT molecular complexity index is 491. The third-order valence-electron chi connectivity index (χ3n) is 2.73. The molecule has 0 bridgehead atoms. The van der Waals surface area contributed by atoms with Gasteiger partial charge in [-0.25, -0.2) is 4.98 Å². The van der Waals surface area contributed by atoms with E-state index < -0.39 is 0 Å². The number of hydrogen-bond acceptors (Lipinski definition) is 4. The van der Waals surface area contributed by atoms with Crippen molar-refractivity contribution in [2.45, 2.75) is 13.0 Å². The highest BCUT2D eigenvalue weighted by Crippen LogP contribution is 2.09. The molecule has 0 radical (unpaired) electrons. The van der Waals surface area contributed by atoms with Crippen LogP contribution in [0.4, 0.5) is 0 Å². The molecule has 0 aromatic carbocycles. The topological polar surface area (TPSA) is 40.5 Å². The summed E-state index contributed by atoms with van der Waals surface area (Å²) < 4.78 is 0. The molecule has 0 saturated heterocycles. The SMILES string of the molecule is CN=C(NCc1nccs1)N(C)CCc1cccs1. The summed E-state index contributed by atoms with van der Waals surface area (Å²) >= 11 is 3.45. The molecule has 2 rings (SSSR count). The molecule has 0 atom stereocenters. The lowest BCUT2D eigenvalue weighted by Gasteiger charge is -2.21. The van der Waals surface area contributed by atoms with Gasteiger partial charge < -0.3 is 10.2 Å². The second-order valence-corrected chi connectivity index (χ2v) is 6.09. The standard InChI is InChI=1S/C13H18N4S2/c1-14-13(16-10-12-15-6-9-19-12)17(2)7-5-11-4-3-8-18-11/h3-4,6,8-9H,5,7,10H2,1-2H3,(H,14,16). The molecule has 102 valence electrons. The average molecular weight is 294 g/mol. The van der Waals surface area contributed by atoms with Crippen LogP contribution in [0.1, 0.15) is 9.88 Å². The van der Waals surface area contributed by atoms with E-state index in [1.54, 1.807) is 22.7 Å². The zero-order valence-corrected chi connectivity index (χ0v) is 12.8. The monoisotopic (exact) mass is 294 g/mol. The van der Waals surface area contributed by atoms with Gasteiger partial charge in [-0.2, -0.15) is 0 Å². The predicted molar refractivity (Wildman–Crippen MR) is 83.0 cm³/mol. The first kappa shape index (κ1) is 14.0. The van der Waals surface area contributed by atoms with Crippen molar-refractivity contribution in [1.82, 2.24) is 15.2 Å². The van der Waals surface area contributed by atoms with Gasteiger partial charge in [0.15, 0.2) is 5.96 Å². The summed E-state index contributed by atoms with van der Waals surface area (Å²) in [5.74, 6) is 0.909. The van der Waals surface area contributed by atoms with Crippen molar-refractivity contribution < 1.29 is 0 Å². The van der Waals surface area contributed by atoms with E-state index in [0.717, 1.165) is 30.5 Å². The number of nitrogens with one attached hydrogen (secondary N) is 1. The van der Waals surface area contributed by atoms with Crippen LogP contribution in [-0.4, -0.2) is 36.5 Å². The van der Waals surface area contributed by atoms with Crippen molar-refractivity contribution in [2.24, 2.45) is 4.99 Å². The molecule has 0 amide bonds. The minimum absolute atomic E-state index is 0.730. The molecular formula is C13H18N4S2. The quantitative estimate of drug-likeness (QED) is 0.680. The number of hydrogen-bond donors (Lipinski definition) is 1. The molecule has 0 fully saturated rings. The summed E-state index contributed by atoms with van der Waals surface area (Å²) in [6.45, 7) is 1.69. The number of rotatable bonds is 5. The van der Waals surface area contributed by atoms with Crippen molar-refractivity contribution in [3.05, 3.63) is 39.0 Å². The minimum atomic E-state index is 0.730. The van der Waals surface area contributed by atoms with Gasteiger partial charge in [-0.15, -0.1) is 22.7 Å². The molecule has 0 aliphatic heterocycles. The van der Waals surface area contributed by atoms with E-state index in [0.29, 0.717) is 0 Å². The number of aromatic nitrogens is 1. The fourth-order valence-electron chi connectivity index (χ4n) is 1.72. The van der Waals surface area contributed by atoms with E-state index in [1.165, 1.54) is 4.88 Å². The Morgan fingerprint density at radius 2 is 2.32 bits per heavy atom. The highest BCUT2D eigenvalue weighted by atomic mass is 32.1. The van der Waals surface area contributed by atoms with E-state index >= 15 is 0 Å². The normalized spacial score (nSPS) is 11.6. The van der Waals surface area contributed by atoms with E-state index in [4.69, 9.17) is 0 Å². The number of likely N-dealkylation sites (N-methyl/N-ethyl adjacent to an activating group) is 1. The lowest BCUT2D eigenvalue weighted by molar-refractivity contribution is 0.486. The average Bonchev–Trinajstić information content (AvgIpc) is 3.10. The number of thiophene rings is 1. The largest absolute Gasteiger partial charge is 0.350 e. The Morgan fingerprint density at radius 3 is 2.95 bits per heavy atom. The Hall–Kier alpha value is -1.40. The van der Waals surface area contributed by atoms with Gasteiger partial charge in [-0.1, -0.05) is 6.07 Å². The van der Waals surface area contributed by atoms with Crippen LogP contribution in [0.15, 0.2) is 34.1 Å².